The van der Waals surface area contributed by atoms with Gasteiger partial charge < -0.3 is 35.0 Å². The minimum atomic E-state index is -0.933. The van der Waals surface area contributed by atoms with Crippen molar-refractivity contribution in [3.8, 4) is 23.0 Å². The van der Waals surface area contributed by atoms with E-state index < -0.39 is 24.0 Å². The Balaban J connectivity index is 1.85. The van der Waals surface area contributed by atoms with E-state index in [1.807, 2.05) is 0 Å². The molecule has 1 aliphatic heterocycles. The zero-order chi connectivity index (χ0) is 18.8. The molecule has 3 rings (SSSR count). The Bertz CT molecular complexity index is 776. The second kappa shape index (κ2) is 7.41. The summed E-state index contributed by atoms with van der Waals surface area (Å²) in [6, 6.07) is 8.94. The van der Waals surface area contributed by atoms with Gasteiger partial charge in [-0.15, -0.1) is 0 Å². The van der Waals surface area contributed by atoms with Crippen LogP contribution in [0.1, 0.15) is 23.3 Å². The number of rotatable bonds is 5. The molecule has 26 heavy (non-hydrogen) atoms. The van der Waals surface area contributed by atoms with Gasteiger partial charge in [0.15, 0.2) is 23.0 Å². The van der Waals surface area contributed by atoms with E-state index in [9.17, 15) is 25.5 Å². The first-order chi connectivity index (χ1) is 12.5. The number of hydrogen-bond donors (Lipinski definition) is 5. The SMILES string of the molecule is COc1cc(C(O)C2COC(c3ccc(O)c(O)c3)C2CO)ccc1O. The van der Waals surface area contributed by atoms with Crippen molar-refractivity contribution in [2.45, 2.75) is 12.2 Å². The predicted molar refractivity (Wildman–Crippen MR) is 92.1 cm³/mol. The van der Waals surface area contributed by atoms with Crippen LogP contribution in [0.3, 0.4) is 0 Å². The average Bonchev–Trinajstić information content (AvgIpc) is 3.07. The first-order valence-electron chi connectivity index (χ1n) is 8.25. The summed E-state index contributed by atoms with van der Waals surface area (Å²) in [6.45, 7) is -0.00879. The van der Waals surface area contributed by atoms with E-state index >= 15 is 0 Å². The van der Waals surface area contributed by atoms with E-state index in [0.717, 1.165) is 0 Å². The molecule has 4 unspecified atom stereocenters. The number of methoxy groups -OCH3 is 1. The molecule has 7 nitrogen and oxygen atoms in total. The Labute approximate surface area is 150 Å². The number of aliphatic hydroxyl groups excluding tert-OH is 2. The lowest BCUT2D eigenvalue weighted by atomic mass is 9.82. The fourth-order valence-corrected chi connectivity index (χ4v) is 3.43. The van der Waals surface area contributed by atoms with E-state index in [1.54, 1.807) is 18.2 Å². The van der Waals surface area contributed by atoms with E-state index in [2.05, 4.69) is 0 Å². The fourth-order valence-electron chi connectivity index (χ4n) is 3.43. The summed E-state index contributed by atoms with van der Waals surface area (Å²) in [4.78, 5) is 0. The van der Waals surface area contributed by atoms with Crippen molar-refractivity contribution in [3.05, 3.63) is 47.5 Å². The number of ether oxygens (including phenoxy) is 2. The Morgan fingerprint density at radius 3 is 2.46 bits per heavy atom. The van der Waals surface area contributed by atoms with Crippen LogP contribution in [0.4, 0.5) is 0 Å². The van der Waals surface area contributed by atoms with Crippen LogP contribution in [0.2, 0.25) is 0 Å². The predicted octanol–water partition coefficient (Wildman–Crippen LogP) is 1.84. The standard InChI is InChI=1S/C19H22O7/c1-25-17-7-10(2-5-15(17)22)18(24)13-9-26-19(12(13)8-20)11-3-4-14(21)16(23)6-11/h2-7,12-13,18-24H,8-9H2,1H3. The van der Waals surface area contributed by atoms with Crippen molar-refractivity contribution < 1.29 is 35.0 Å². The lowest BCUT2D eigenvalue weighted by Crippen LogP contribution is -2.25. The molecule has 2 aromatic carbocycles. The molecule has 4 atom stereocenters. The Morgan fingerprint density at radius 2 is 1.81 bits per heavy atom. The van der Waals surface area contributed by atoms with E-state index in [4.69, 9.17) is 9.47 Å². The Hall–Kier alpha value is -2.48. The van der Waals surface area contributed by atoms with Crippen molar-refractivity contribution in [1.29, 1.82) is 0 Å². The van der Waals surface area contributed by atoms with E-state index in [-0.39, 0.29) is 36.2 Å². The lowest BCUT2D eigenvalue weighted by Gasteiger charge is -2.25. The highest BCUT2D eigenvalue weighted by atomic mass is 16.5. The van der Waals surface area contributed by atoms with Crippen LogP contribution in [0.5, 0.6) is 23.0 Å². The highest BCUT2D eigenvalue weighted by Crippen LogP contribution is 2.45. The average molecular weight is 362 g/mol. The molecular weight excluding hydrogens is 340 g/mol. The largest absolute Gasteiger partial charge is 0.504 e. The molecule has 5 N–H and O–H groups in total. The number of phenols is 3. The normalized spacial score (nSPS) is 23.7. The molecule has 0 saturated carbocycles. The quantitative estimate of drug-likeness (QED) is 0.515. The number of aliphatic hydroxyl groups is 2. The summed E-state index contributed by atoms with van der Waals surface area (Å²) in [7, 11) is 1.42. The van der Waals surface area contributed by atoms with Gasteiger partial charge in [0, 0.05) is 18.4 Å². The first kappa shape index (κ1) is 18.3. The maximum absolute atomic E-state index is 10.8. The van der Waals surface area contributed by atoms with Crippen LogP contribution >= 0.6 is 0 Å². The fraction of sp³-hybridized carbons (Fsp3) is 0.368. The third-order valence-corrected chi connectivity index (χ3v) is 4.90. The molecule has 0 amide bonds. The molecule has 0 aliphatic carbocycles. The molecule has 1 heterocycles. The van der Waals surface area contributed by atoms with Crippen LogP contribution in [0.15, 0.2) is 36.4 Å². The smallest absolute Gasteiger partial charge is 0.160 e. The summed E-state index contributed by atoms with van der Waals surface area (Å²) in [5, 5.41) is 49.5. The van der Waals surface area contributed by atoms with Gasteiger partial charge in [0.2, 0.25) is 0 Å². The van der Waals surface area contributed by atoms with Gasteiger partial charge in [0.25, 0.3) is 0 Å². The topological polar surface area (TPSA) is 120 Å². The van der Waals surface area contributed by atoms with Gasteiger partial charge in [0.1, 0.15) is 0 Å². The maximum Gasteiger partial charge on any atom is 0.160 e. The second-order valence-corrected chi connectivity index (χ2v) is 6.39. The maximum atomic E-state index is 10.8. The van der Waals surface area contributed by atoms with Crippen LogP contribution in [-0.4, -0.2) is 45.9 Å². The van der Waals surface area contributed by atoms with Crippen molar-refractivity contribution in [2.24, 2.45) is 11.8 Å². The number of phenolic OH excluding ortho intramolecular Hbond substituents is 3. The van der Waals surface area contributed by atoms with Crippen molar-refractivity contribution in [1.82, 2.24) is 0 Å². The van der Waals surface area contributed by atoms with Gasteiger partial charge >= 0.3 is 0 Å². The van der Waals surface area contributed by atoms with Crippen molar-refractivity contribution in [2.75, 3.05) is 20.3 Å². The summed E-state index contributed by atoms with van der Waals surface area (Å²) >= 11 is 0. The number of benzene rings is 2. The van der Waals surface area contributed by atoms with Gasteiger partial charge in [-0.1, -0.05) is 12.1 Å². The summed E-state index contributed by atoms with van der Waals surface area (Å²) in [5.74, 6) is -1.08. The van der Waals surface area contributed by atoms with Gasteiger partial charge in [-0.25, -0.2) is 0 Å². The molecule has 0 spiro atoms. The van der Waals surface area contributed by atoms with Gasteiger partial charge in [-0.05, 0) is 35.4 Å². The zero-order valence-corrected chi connectivity index (χ0v) is 14.2. The van der Waals surface area contributed by atoms with Crippen LogP contribution in [-0.2, 0) is 4.74 Å². The molecule has 0 aromatic heterocycles. The molecule has 7 heteroatoms. The summed E-state index contributed by atoms with van der Waals surface area (Å²) in [6.07, 6.45) is -1.46. The monoisotopic (exact) mass is 362 g/mol. The third-order valence-electron chi connectivity index (χ3n) is 4.90. The summed E-state index contributed by atoms with van der Waals surface area (Å²) < 4.78 is 10.9. The number of aromatic hydroxyl groups is 3. The van der Waals surface area contributed by atoms with Gasteiger partial charge in [0.05, 0.1) is 25.9 Å². The van der Waals surface area contributed by atoms with E-state index in [0.29, 0.717) is 11.1 Å². The molecule has 1 saturated heterocycles. The van der Waals surface area contributed by atoms with Crippen LogP contribution in [0, 0.1) is 11.8 Å². The Morgan fingerprint density at radius 1 is 1.08 bits per heavy atom. The summed E-state index contributed by atoms with van der Waals surface area (Å²) in [5.41, 5.74) is 1.15. The van der Waals surface area contributed by atoms with E-state index in [1.165, 1.54) is 25.3 Å². The number of hydrogen-bond acceptors (Lipinski definition) is 7. The lowest BCUT2D eigenvalue weighted by molar-refractivity contribution is 0.0632. The third kappa shape index (κ3) is 3.29. The first-order valence-corrected chi connectivity index (χ1v) is 8.25. The highest BCUT2D eigenvalue weighted by Gasteiger charge is 2.42. The highest BCUT2D eigenvalue weighted by molar-refractivity contribution is 5.43. The van der Waals surface area contributed by atoms with Gasteiger partial charge in [-0.2, -0.15) is 0 Å². The minimum Gasteiger partial charge on any atom is -0.504 e. The van der Waals surface area contributed by atoms with Crippen molar-refractivity contribution >= 4 is 0 Å². The molecular formula is C19H22O7. The minimum absolute atomic E-state index is 0.0257. The molecule has 0 radical (unpaired) electrons. The van der Waals surface area contributed by atoms with Crippen LogP contribution < -0.4 is 4.74 Å². The molecule has 1 aliphatic rings. The molecule has 140 valence electrons. The zero-order valence-electron chi connectivity index (χ0n) is 14.2. The Kier molecular flexibility index (Phi) is 5.22. The second-order valence-electron chi connectivity index (χ2n) is 6.39. The molecule has 0 bridgehead atoms. The van der Waals surface area contributed by atoms with Gasteiger partial charge in [-0.3, -0.25) is 0 Å². The molecule has 2 aromatic rings. The van der Waals surface area contributed by atoms with Crippen LogP contribution in [0.25, 0.3) is 0 Å². The van der Waals surface area contributed by atoms with Crippen molar-refractivity contribution in [3.63, 3.8) is 0 Å². The molecule has 1 fully saturated rings.